The summed E-state index contributed by atoms with van der Waals surface area (Å²) in [6.07, 6.45) is 2.43. The Morgan fingerprint density at radius 2 is 1.96 bits per heavy atom. The zero-order chi connectivity index (χ0) is 18.3. The van der Waals surface area contributed by atoms with Crippen LogP contribution < -0.4 is 4.74 Å². The summed E-state index contributed by atoms with van der Waals surface area (Å²) in [5.41, 5.74) is 0.430. The third-order valence-corrected chi connectivity index (χ3v) is 4.89. The minimum absolute atomic E-state index is 0.122. The van der Waals surface area contributed by atoms with Gasteiger partial charge in [0.2, 0.25) is 0 Å². The first-order chi connectivity index (χ1) is 12.5. The van der Waals surface area contributed by atoms with E-state index in [9.17, 15) is 14.7 Å². The van der Waals surface area contributed by atoms with Crippen molar-refractivity contribution in [1.82, 2.24) is 19.7 Å². The van der Waals surface area contributed by atoms with Gasteiger partial charge in [-0.05, 0) is 49.9 Å². The molecule has 1 fully saturated rings. The third-order valence-electron chi connectivity index (χ3n) is 4.89. The van der Waals surface area contributed by atoms with E-state index in [-0.39, 0.29) is 19.0 Å². The van der Waals surface area contributed by atoms with Crippen LogP contribution in [-0.4, -0.2) is 49.3 Å². The van der Waals surface area contributed by atoms with E-state index < -0.39 is 12.0 Å². The predicted octanol–water partition coefficient (Wildman–Crippen LogP) is 1.48. The molecule has 2 aromatic rings. The molecule has 0 spiro atoms. The highest BCUT2D eigenvalue weighted by Gasteiger charge is 2.36. The molecule has 1 aliphatic carbocycles. The second kappa shape index (κ2) is 6.44. The highest BCUT2D eigenvalue weighted by molar-refractivity contribution is 5.96. The van der Waals surface area contributed by atoms with Crippen LogP contribution in [0, 0.1) is 12.8 Å². The maximum Gasteiger partial charge on any atom is 0.328 e. The van der Waals surface area contributed by atoms with Crippen LogP contribution in [0.25, 0.3) is 0 Å². The van der Waals surface area contributed by atoms with Crippen molar-refractivity contribution in [2.45, 2.75) is 38.9 Å². The molecule has 0 radical (unpaired) electrons. The van der Waals surface area contributed by atoms with E-state index >= 15 is 0 Å². The molecule has 136 valence electrons. The van der Waals surface area contributed by atoms with E-state index in [2.05, 4.69) is 10.2 Å². The van der Waals surface area contributed by atoms with Crippen LogP contribution in [0.5, 0.6) is 5.75 Å². The van der Waals surface area contributed by atoms with Crippen LogP contribution in [0.4, 0.5) is 0 Å². The molecular formula is C18H20N4O4. The minimum Gasteiger partial charge on any atom is -0.493 e. The smallest absolute Gasteiger partial charge is 0.328 e. The molecule has 1 aromatic carbocycles. The predicted molar refractivity (Wildman–Crippen MR) is 90.7 cm³/mol. The molecule has 1 N–H and O–H groups in total. The van der Waals surface area contributed by atoms with Crippen molar-refractivity contribution >= 4 is 11.9 Å². The van der Waals surface area contributed by atoms with Gasteiger partial charge in [0.15, 0.2) is 5.82 Å². The molecule has 2 heterocycles. The molecular weight excluding hydrogens is 336 g/mol. The van der Waals surface area contributed by atoms with E-state index in [4.69, 9.17) is 4.74 Å². The fraction of sp³-hybridized carbons (Fsp3) is 0.444. The van der Waals surface area contributed by atoms with Gasteiger partial charge in [0.05, 0.1) is 19.7 Å². The summed E-state index contributed by atoms with van der Waals surface area (Å²) >= 11 is 0. The van der Waals surface area contributed by atoms with Gasteiger partial charge in [-0.3, -0.25) is 4.79 Å². The molecule has 0 bridgehead atoms. The lowest BCUT2D eigenvalue weighted by Gasteiger charge is -2.33. The fourth-order valence-corrected chi connectivity index (χ4v) is 3.10. The van der Waals surface area contributed by atoms with Gasteiger partial charge in [0.25, 0.3) is 5.91 Å². The Morgan fingerprint density at radius 1 is 1.23 bits per heavy atom. The highest BCUT2D eigenvalue weighted by atomic mass is 16.5. The molecule has 8 heteroatoms. The molecule has 1 unspecified atom stereocenters. The Bertz CT molecular complexity index is 841. The van der Waals surface area contributed by atoms with E-state index in [0.29, 0.717) is 29.7 Å². The third kappa shape index (κ3) is 3.14. The lowest BCUT2D eigenvalue weighted by atomic mass is 10.1. The normalized spacial score (nSPS) is 19.1. The monoisotopic (exact) mass is 356 g/mol. The van der Waals surface area contributed by atoms with Crippen molar-refractivity contribution in [1.29, 1.82) is 0 Å². The number of ether oxygens (including phenoxy) is 1. The Labute approximate surface area is 150 Å². The Hall–Kier alpha value is -2.90. The van der Waals surface area contributed by atoms with Crippen molar-refractivity contribution in [3.63, 3.8) is 0 Å². The number of aliphatic carboxylic acids is 1. The van der Waals surface area contributed by atoms with Gasteiger partial charge in [-0.1, -0.05) is 0 Å². The van der Waals surface area contributed by atoms with Crippen LogP contribution in [-0.2, 0) is 17.9 Å². The summed E-state index contributed by atoms with van der Waals surface area (Å²) in [4.78, 5) is 25.9. The van der Waals surface area contributed by atoms with Crippen LogP contribution in [0.2, 0.25) is 0 Å². The molecule has 0 saturated heterocycles. The number of carbonyl (C=O) groups excluding carboxylic acids is 1. The minimum atomic E-state index is -1.04. The van der Waals surface area contributed by atoms with Gasteiger partial charge in [0.1, 0.15) is 17.6 Å². The SMILES string of the molecule is Cc1nnc2n1CC(C(=O)O)N(C(=O)c1ccc(OCC3CC3)cc1)C2. The van der Waals surface area contributed by atoms with Crippen molar-refractivity contribution in [3.05, 3.63) is 41.5 Å². The molecule has 1 aromatic heterocycles. The number of rotatable bonds is 5. The van der Waals surface area contributed by atoms with Crippen LogP contribution >= 0.6 is 0 Å². The van der Waals surface area contributed by atoms with Crippen LogP contribution in [0.3, 0.4) is 0 Å². The number of amides is 1. The van der Waals surface area contributed by atoms with Gasteiger partial charge in [-0.2, -0.15) is 0 Å². The number of carboxylic acid groups (broad SMARTS) is 1. The molecule has 1 atom stereocenters. The average molecular weight is 356 g/mol. The second-order valence-electron chi connectivity index (χ2n) is 6.84. The van der Waals surface area contributed by atoms with Crippen molar-refractivity contribution in [2.75, 3.05) is 6.61 Å². The number of aryl methyl sites for hydroxylation is 1. The molecule has 26 heavy (non-hydrogen) atoms. The maximum absolute atomic E-state index is 12.9. The first kappa shape index (κ1) is 16.6. The number of hydrogen-bond acceptors (Lipinski definition) is 5. The topological polar surface area (TPSA) is 97.5 Å². The zero-order valence-corrected chi connectivity index (χ0v) is 14.5. The molecule has 2 aliphatic rings. The largest absolute Gasteiger partial charge is 0.493 e. The lowest BCUT2D eigenvalue weighted by molar-refractivity contribution is -0.143. The van der Waals surface area contributed by atoms with Gasteiger partial charge in [0, 0.05) is 5.56 Å². The van der Waals surface area contributed by atoms with Crippen LogP contribution in [0.1, 0.15) is 34.8 Å². The highest BCUT2D eigenvalue weighted by Crippen LogP contribution is 2.29. The lowest BCUT2D eigenvalue weighted by Crippen LogP contribution is -2.50. The van der Waals surface area contributed by atoms with Gasteiger partial charge in [-0.15, -0.1) is 10.2 Å². The molecule has 4 rings (SSSR count). The Balaban J connectivity index is 1.52. The number of hydrogen-bond donors (Lipinski definition) is 1. The van der Waals surface area contributed by atoms with Gasteiger partial charge in [-0.25, -0.2) is 4.79 Å². The first-order valence-corrected chi connectivity index (χ1v) is 8.68. The van der Waals surface area contributed by atoms with Gasteiger partial charge < -0.3 is 19.3 Å². The Kier molecular flexibility index (Phi) is 4.10. The number of carboxylic acids is 1. The fourth-order valence-electron chi connectivity index (χ4n) is 3.10. The molecule has 1 aliphatic heterocycles. The first-order valence-electron chi connectivity index (χ1n) is 8.68. The number of fused-ring (bicyclic) bond motifs is 1. The van der Waals surface area contributed by atoms with Crippen LogP contribution in [0.15, 0.2) is 24.3 Å². The average Bonchev–Trinajstić information content (AvgIpc) is 3.41. The number of nitrogens with zero attached hydrogens (tertiary/aromatic N) is 4. The summed E-state index contributed by atoms with van der Waals surface area (Å²) in [6.45, 7) is 2.75. The summed E-state index contributed by atoms with van der Waals surface area (Å²) in [7, 11) is 0. The van der Waals surface area contributed by atoms with Crippen molar-refractivity contribution < 1.29 is 19.4 Å². The quantitative estimate of drug-likeness (QED) is 0.872. The number of benzene rings is 1. The summed E-state index contributed by atoms with van der Waals surface area (Å²) in [6, 6.07) is 5.90. The Morgan fingerprint density at radius 3 is 2.62 bits per heavy atom. The van der Waals surface area contributed by atoms with E-state index in [1.54, 1.807) is 35.8 Å². The zero-order valence-electron chi connectivity index (χ0n) is 14.5. The number of carbonyl (C=O) groups is 2. The molecule has 1 saturated carbocycles. The maximum atomic E-state index is 12.9. The van der Waals surface area contributed by atoms with Crippen molar-refractivity contribution in [3.8, 4) is 5.75 Å². The van der Waals surface area contributed by atoms with E-state index in [0.717, 1.165) is 5.75 Å². The number of aromatic nitrogens is 3. The summed E-state index contributed by atoms with van der Waals surface area (Å²) in [5.74, 6) is 1.24. The summed E-state index contributed by atoms with van der Waals surface area (Å²) < 4.78 is 7.43. The molecule has 1 amide bonds. The molecule has 8 nitrogen and oxygen atoms in total. The van der Waals surface area contributed by atoms with Gasteiger partial charge >= 0.3 is 5.97 Å². The van der Waals surface area contributed by atoms with E-state index in [1.807, 2.05) is 0 Å². The standard InChI is InChI=1S/C18H20N4O4/c1-11-19-20-16-9-22(15(18(24)25)8-21(11)16)17(23)13-4-6-14(7-5-13)26-10-12-2-3-12/h4-7,12,15H,2-3,8-10H2,1H3,(H,24,25). The second-order valence-corrected chi connectivity index (χ2v) is 6.84. The van der Waals surface area contributed by atoms with E-state index in [1.165, 1.54) is 17.7 Å². The summed E-state index contributed by atoms with van der Waals surface area (Å²) in [5, 5.41) is 17.6. The van der Waals surface area contributed by atoms with Crippen molar-refractivity contribution in [2.24, 2.45) is 5.92 Å².